The molecule has 0 spiro atoms. The van der Waals surface area contributed by atoms with Crippen molar-refractivity contribution in [3.8, 4) is 5.75 Å². The summed E-state index contributed by atoms with van der Waals surface area (Å²) >= 11 is 1.62. The van der Waals surface area contributed by atoms with Gasteiger partial charge in [0, 0.05) is 54.2 Å². The Morgan fingerprint density at radius 3 is 2.94 bits per heavy atom. The van der Waals surface area contributed by atoms with E-state index in [0.29, 0.717) is 18.9 Å². The summed E-state index contributed by atoms with van der Waals surface area (Å²) in [5, 5.41) is 12.5. The van der Waals surface area contributed by atoms with Crippen LogP contribution in [-0.2, 0) is 10.5 Å². The Morgan fingerprint density at radius 1 is 1.16 bits per heavy atom. The Kier molecular flexibility index (Phi) is 4.40. The van der Waals surface area contributed by atoms with E-state index < -0.39 is 29.3 Å². The molecule has 0 aliphatic carbocycles. The minimum Gasteiger partial charge on any atom is -0.502 e. The topological polar surface area (TPSA) is 114 Å². The van der Waals surface area contributed by atoms with Gasteiger partial charge < -0.3 is 14.7 Å². The molecule has 1 amide bonds. The zero-order valence-electron chi connectivity index (χ0n) is 16.8. The number of amides is 1. The normalized spacial score (nSPS) is 21.8. The summed E-state index contributed by atoms with van der Waals surface area (Å²) in [7, 11) is 0. The number of ether oxygens (including phenoxy) is 1. The Bertz CT molecular complexity index is 1250. The van der Waals surface area contributed by atoms with Crippen LogP contribution in [0, 0.1) is 0 Å². The van der Waals surface area contributed by atoms with Crippen molar-refractivity contribution in [2.24, 2.45) is 0 Å². The van der Waals surface area contributed by atoms with Crippen molar-refractivity contribution in [3.63, 3.8) is 0 Å². The molecule has 0 aromatic carbocycles. The fourth-order valence-electron chi connectivity index (χ4n) is 4.55. The molecule has 162 valence electrons. The number of carbonyl (C=O) groups is 1. The third-order valence-electron chi connectivity index (χ3n) is 5.98. The van der Waals surface area contributed by atoms with Crippen molar-refractivity contribution in [3.05, 3.63) is 76.0 Å². The number of aromatic nitrogens is 4. The van der Waals surface area contributed by atoms with Crippen molar-refractivity contribution in [2.75, 3.05) is 24.8 Å². The molecule has 32 heavy (non-hydrogen) atoms. The Morgan fingerprint density at radius 2 is 2.03 bits per heavy atom. The van der Waals surface area contributed by atoms with E-state index in [9.17, 15) is 14.7 Å². The van der Waals surface area contributed by atoms with E-state index in [1.807, 2.05) is 17.3 Å². The number of fused-ring (bicyclic) bond motifs is 4. The van der Waals surface area contributed by atoms with E-state index in [2.05, 4.69) is 15.0 Å². The summed E-state index contributed by atoms with van der Waals surface area (Å²) in [6.45, 7) is 1.00. The summed E-state index contributed by atoms with van der Waals surface area (Å²) < 4.78 is 7.33. The quantitative estimate of drug-likeness (QED) is 0.577. The maximum atomic E-state index is 13.3. The highest BCUT2D eigenvalue weighted by Crippen LogP contribution is 2.42. The maximum absolute atomic E-state index is 13.3. The summed E-state index contributed by atoms with van der Waals surface area (Å²) in [5.41, 5.74) is 1.86. The maximum Gasteiger partial charge on any atom is 0.278 e. The molecule has 3 aliphatic rings. The van der Waals surface area contributed by atoms with Gasteiger partial charge in [-0.1, -0.05) is 0 Å². The standard InChI is InChI=1S/C21H18N6O4S/c28-14-2-6-26-19(20(14)29)21(30)25-7-8-31-10-16(25)27(26)18-12-1-3-22-9-15(12)32-11-13-17(18)24-5-4-23-13/h1-6,9,16,18,29H,7-8,10-11H2/t16-,18-/m1/s1. The fraction of sp³-hybridized carbons (Fsp3) is 0.286. The van der Waals surface area contributed by atoms with E-state index in [1.165, 1.54) is 12.3 Å². The number of rotatable bonds is 1. The predicted octanol–water partition coefficient (Wildman–Crippen LogP) is 0.884. The summed E-state index contributed by atoms with van der Waals surface area (Å²) in [4.78, 5) is 41.7. The number of nitrogens with zero attached hydrogens (tertiary/aromatic N) is 6. The molecule has 1 fully saturated rings. The molecule has 0 unspecified atom stereocenters. The van der Waals surface area contributed by atoms with Crippen LogP contribution in [-0.4, -0.2) is 61.5 Å². The minimum absolute atomic E-state index is 0.0615. The fourth-order valence-corrected chi connectivity index (χ4v) is 5.54. The Balaban J connectivity index is 1.66. The average molecular weight is 450 g/mol. The number of hydrogen-bond acceptors (Lipinski definition) is 9. The lowest BCUT2D eigenvalue weighted by atomic mass is 10.0. The van der Waals surface area contributed by atoms with Crippen LogP contribution in [0.5, 0.6) is 5.75 Å². The first-order valence-corrected chi connectivity index (χ1v) is 11.1. The third-order valence-corrected chi connectivity index (χ3v) is 7.05. The van der Waals surface area contributed by atoms with Gasteiger partial charge in [-0.25, -0.2) is 0 Å². The SMILES string of the molecule is O=C1c2c(O)c(=O)ccn2N([C@@H]2c3ccncc3SCc3nccnc32)[C@@H]2COCCN12. The number of hydrogen-bond donors (Lipinski definition) is 1. The molecule has 1 N–H and O–H groups in total. The van der Waals surface area contributed by atoms with Crippen molar-refractivity contribution in [2.45, 2.75) is 22.9 Å². The molecule has 0 saturated carbocycles. The molecular weight excluding hydrogens is 432 g/mol. The van der Waals surface area contributed by atoms with Crippen molar-refractivity contribution >= 4 is 17.7 Å². The first-order chi connectivity index (χ1) is 15.6. The molecule has 0 radical (unpaired) electrons. The molecule has 11 heteroatoms. The first-order valence-electron chi connectivity index (χ1n) is 10.1. The highest BCUT2D eigenvalue weighted by atomic mass is 32.2. The van der Waals surface area contributed by atoms with Crippen LogP contribution in [0.4, 0.5) is 0 Å². The van der Waals surface area contributed by atoms with Crippen LogP contribution in [0.3, 0.4) is 0 Å². The molecule has 10 nitrogen and oxygen atoms in total. The second-order valence-electron chi connectivity index (χ2n) is 7.65. The molecule has 3 aliphatic heterocycles. The summed E-state index contributed by atoms with van der Waals surface area (Å²) in [6.07, 6.45) is 7.91. The van der Waals surface area contributed by atoms with Gasteiger partial charge in [-0.2, -0.15) is 0 Å². The highest BCUT2D eigenvalue weighted by Gasteiger charge is 2.46. The summed E-state index contributed by atoms with van der Waals surface area (Å²) in [5.74, 6) is -0.343. The van der Waals surface area contributed by atoms with E-state index in [1.54, 1.807) is 39.9 Å². The van der Waals surface area contributed by atoms with Crippen molar-refractivity contribution < 1.29 is 14.6 Å². The molecular formula is C21H18N6O4S. The minimum atomic E-state index is -0.600. The molecule has 3 aromatic heterocycles. The number of pyridine rings is 2. The van der Waals surface area contributed by atoms with Crippen molar-refractivity contribution in [1.82, 2.24) is 24.5 Å². The number of thioether (sulfide) groups is 1. The van der Waals surface area contributed by atoms with E-state index in [4.69, 9.17) is 4.74 Å². The second kappa shape index (κ2) is 7.31. The lowest BCUT2D eigenvalue weighted by molar-refractivity contribution is -0.0199. The van der Waals surface area contributed by atoms with Crippen LogP contribution < -0.4 is 10.4 Å². The Hall–Kier alpha value is -3.44. The highest BCUT2D eigenvalue weighted by molar-refractivity contribution is 7.98. The molecule has 1 saturated heterocycles. The van der Waals surface area contributed by atoms with E-state index >= 15 is 0 Å². The average Bonchev–Trinajstić information content (AvgIpc) is 2.99. The summed E-state index contributed by atoms with van der Waals surface area (Å²) in [6, 6.07) is 2.74. The first kappa shape index (κ1) is 19.3. The lowest BCUT2D eigenvalue weighted by Crippen LogP contribution is -2.66. The van der Waals surface area contributed by atoms with Gasteiger partial charge in [0.15, 0.2) is 11.4 Å². The van der Waals surface area contributed by atoms with Gasteiger partial charge in [0.2, 0.25) is 5.43 Å². The van der Waals surface area contributed by atoms with E-state index in [-0.39, 0.29) is 12.3 Å². The van der Waals surface area contributed by atoms with Gasteiger partial charge in [-0.05, 0) is 11.6 Å². The molecule has 2 atom stereocenters. The smallest absolute Gasteiger partial charge is 0.278 e. The van der Waals surface area contributed by atoms with Crippen LogP contribution >= 0.6 is 11.8 Å². The number of carbonyl (C=O) groups excluding carboxylic acids is 1. The van der Waals surface area contributed by atoms with Gasteiger partial charge in [0.1, 0.15) is 12.2 Å². The largest absolute Gasteiger partial charge is 0.502 e. The lowest BCUT2D eigenvalue weighted by Gasteiger charge is -2.51. The van der Waals surface area contributed by atoms with Crippen molar-refractivity contribution in [1.29, 1.82) is 0 Å². The zero-order valence-corrected chi connectivity index (χ0v) is 17.6. The second-order valence-corrected chi connectivity index (χ2v) is 8.67. The molecule has 3 aromatic rings. The number of morpholine rings is 1. The van der Waals surface area contributed by atoms with Crippen LogP contribution in [0.15, 0.2) is 52.8 Å². The van der Waals surface area contributed by atoms with Gasteiger partial charge in [0.05, 0.1) is 24.6 Å². The number of aromatic hydroxyl groups is 1. The Labute approximate surface area is 186 Å². The van der Waals surface area contributed by atoms with Gasteiger partial charge in [0.25, 0.3) is 5.91 Å². The predicted molar refractivity (Wildman–Crippen MR) is 114 cm³/mol. The molecule has 6 heterocycles. The van der Waals surface area contributed by atoms with Crippen LogP contribution in [0.2, 0.25) is 0 Å². The monoisotopic (exact) mass is 450 g/mol. The van der Waals surface area contributed by atoms with Gasteiger partial charge in [-0.3, -0.25) is 34.2 Å². The van der Waals surface area contributed by atoms with Crippen LogP contribution in [0.1, 0.15) is 33.5 Å². The van der Waals surface area contributed by atoms with Gasteiger partial charge in [-0.15, -0.1) is 11.8 Å². The van der Waals surface area contributed by atoms with Crippen LogP contribution in [0.25, 0.3) is 0 Å². The molecule has 6 rings (SSSR count). The zero-order chi connectivity index (χ0) is 21.8. The van der Waals surface area contributed by atoms with E-state index in [0.717, 1.165) is 21.8 Å². The molecule has 0 bridgehead atoms. The van der Waals surface area contributed by atoms with Gasteiger partial charge >= 0.3 is 0 Å². The third kappa shape index (κ3) is 2.74.